The number of hydrogen-bond acceptors (Lipinski definition) is 4. The molecule has 3 rings (SSSR count). The molecule has 0 aliphatic carbocycles. The molecule has 2 aromatic carbocycles. The first kappa shape index (κ1) is 17.8. The van der Waals surface area contributed by atoms with Gasteiger partial charge in [-0.1, -0.05) is 13.0 Å². The summed E-state index contributed by atoms with van der Waals surface area (Å²) in [4.78, 5) is 0. The standard InChI is InChI=1S/C19H20F2O4/c1-12(9-20)16-8-13(19-18(25-19)10-23-11-22)2-7-17(16)24-15-5-3-14(21)4-6-15/h2-8,12,18-19,22H,9-11H2,1H3. The van der Waals surface area contributed by atoms with Crippen molar-refractivity contribution in [1.29, 1.82) is 0 Å². The Morgan fingerprint density at radius 2 is 1.96 bits per heavy atom. The predicted molar refractivity (Wildman–Crippen MR) is 88.0 cm³/mol. The number of epoxide rings is 1. The molecule has 25 heavy (non-hydrogen) atoms. The monoisotopic (exact) mass is 350 g/mol. The molecule has 2 aromatic rings. The number of alkyl halides is 1. The molecule has 1 aliphatic rings. The summed E-state index contributed by atoms with van der Waals surface area (Å²) in [5.74, 6) is 0.325. The largest absolute Gasteiger partial charge is 0.457 e. The SMILES string of the molecule is CC(CF)c1cc(C2OC2COCO)ccc1Oc1ccc(F)cc1. The Morgan fingerprint density at radius 3 is 2.64 bits per heavy atom. The van der Waals surface area contributed by atoms with Gasteiger partial charge in [0, 0.05) is 11.5 Å². The average Bonchev–Trinajstić information content (AvgIpc) is 3.41. The number of benzene rings is 2. The molecular formula is C19H20F2O4. The molecule has 1 aliphatic heterocycles. The van der Waals surface area contributed by atoms with E-state index in [-0.39, 0.29) is 30.7 Å². The van der Waals surface area contributed by atoms with Crippen molar-refractivity contribution < 1.29 is 28.1 Å². The summed E-state index contributed by atoms with van der Waals surface area (Å²) >= 11 is 0. The normalized spacial score (nSPS) is 20.3. The minimum Gasteiger partial charge on any atom is -0.457 e. The minimum absolute atomic E-state index is 0.107. The summed E-state index contributed by atoms with van der Waals surface area (Å²) in [5.41, 5.74) is 1.63. The van der Waals surface area contributed by atoms with Gasteiger partial charge in [0.2, 0.25) is 0 Å². The Hall–Kier alpha value is -2.02. The molecule has 6 heteroatoms. The summed E-state index contributed by atoms with van der Waals surface area (Å²) in [6.07, 6.45) is -0.235. The van der Waals surface area contributed by atoms with Crippen LogP contribution in [0.1, 0.15) is 30.1 Å². The number of halogens is 2. The van der Waals surface area contributed by atoms with Gasteiger partial charge in [-0.3, -0.25) is 4.39 Å². The topological polar surface area (TPSA) is 51.2 Å². The molecule has 0 bridgehead atoms. The molecule has 1 N–H and O–H groups in total. The third-order valence-corrected chi connectivity index (χ3v) is 4.12. The lowest BCUT2D eigenvalue weighted by Crippen LogP contribution is -2.04. The molecule has 1 fully saturated rings. The van der Waals surface area contributed by atoms with Gasteiger partial charge in [-0.2, -0.15) is 0 Å². The smallest absolute Gasteiger partial charge is 0.143 e. The van der Waals surface area contributed by atoms with Gasteiger partial charge in [0.1, 0.15) is 36.3 Å². The van der Waals surface area contributed by atoms with Crippen molar-refractivity contribution in [2.75, 3.05) is 20.1 Å². The Bertz CT molecular complexity index is 705. The highest BCUT2D eigenvalue weighted by atomic mass is 19.1. The fourth-order valence-electron chi connectivity index (χ4n) is 2.67. The van der Waals surface area contributed by atoms with Crippen LogP contribution in [0.25, 0.3) is 0 Å². The van der Waals surface area contributed by atoms with Crippen molar-refractivity contribution in [1.82, 2.24) is 0 Å². The first-order valence-corrected chi connectivity index (χ1v) is 8.09. The number of ether oxygens (including phenoxy) is 3. The second-order valence-corrected chi connectivity index (χ2v) is 6.00. The molecule has 0 saturated carbocycles. The zero-order valence-electron chi connectivity index (χ0n) is 13.8. The summed E-state index contributed by atoms with van der Waals surface area (Å²) in [6.45, 7) is 1.21. The molecule has 3 unspecified atom stereocenters. The van der Waals surface area contributed by atoms with Crippen LogP contribution in [0.15, 0.2) is 42.5 Å². The lowest BCUT2D eigenvalue weighted by Gasteiger charge is -2.16. The zero-order chi connectivity index (χ0) is 17.8. The van der Waals surface area contributed by atoms with Crippen molar-refractivity contribution in [3.8, 4) is 11.5 Å². The molecule has 3 atom stereocenters. The molecule has 0 aromatic heterocycles. The van der Waals surface area contributed by atoms with Crippen LogP contribution in [0.3, 0.4) is 0 Å². The second kappa shape index (κ2) is 7.91. The van der Waals surface area contributed by atoms with Crippen LogP contribution in [0.4, 0.5) is 8.78 Å². The van der Waals surface area contributed by atoms with Crippen molar-refractivity contribution in [3.05, 3.63) is 59.4 Å². The third kappa shape index (κ3) is 4.34. The maximum absolute atomic E-state index is 13.3. The number of aliphatic hydroxyl groups excluding tert-OH is 1. The van der Waals surface area contributed by atoms with Gasteiger partial charge in [0.05, 0.1) is 13.3 Å². The highest BCUT2D eigenvalue weighted by Crippen LogP contribution is 2.42. The van der Waals surface area contributed by atoms with Gasteiger partial charge >= 0.3 is 0 Å². The van der Waals surface area contributed by atoms with Crippen LogP contribution in [-0.2, 0) is 9.47 Å². The molecule has 0 spiro atoms. The maximum atomic E-state index is 13.3. The summed E-state index contributed by atoms with van der Waals surface area (Å²) < 4.78 is 42.5. The van der Waals surface area contributed by atoms with Gasteiger partial charge in [0.25, 0.3) is 0 Å². The maximum Gasteiger partial charge on any atom is 0.143 e. The van der Waals surface area contributed by atoms with Crippen LogP contribution >= 0.6 is 0 Å². The zero-order valence-corrected chi connectivity index (χ0v) is 13.8. The molecule has 1 saturated heterocycles. The molecule has 1 heterocycles. The summed E-state index contributed by atoms with van der Waals surface area (Å²) in [7, 11) is 0. The molecule has 134 valence electrons. The third-order valence-electron chi connectivity index (χ3n) is 4.12. The van der Waals surface area contributed by atoms with Gasteiger partial charge in [-0.15, -0.1) is 0 Å². The van der Waals surface area contributed by atoms with Crippen LogP contribution < -0.4 is 4.74 Å². The van der Waals surface area contributed by atoms with Crippen LogP contribution in [0, 0.1) is 5.82 Å². The molecule has 4 nitrogen and oxygen atoms in total. The van der Waals surface area contributed by atoms with E-state index in [1.807, 2.05) is 12.1 Å². The summed E-state index contributed by atoms with van der Waals surface area (Å²) in [6, 6.07) is 11.2. The van der Waals surface area contributed by atoms with E-state index in [9.17, 15) is 8.78 Å². The second-order valence-electron chi connectivity index (χ2n) is 6.00. The van der Waals surface area contributed by atoms with Crippen molar-refractivity contribution >= 4 is 0 Å². The molecular weight excluding hydrogens is 330 g/mol. The van der Waals surface area contributed by atoms with E-state index >= 15 is 0 Å². The van der Waals surface area contributed by atoms with Crippen LogP contribution in [-0.4, -0.2) is 31.3 Å². The van der Waals surface area contributed by atoms with Gasteiger partial charge in [-0.05, 0) is 42.0 Å². The first-order chi connectivity index (χ1) is 12.1. The quantitative estimate of drug-likeness (QED) is 0.575. The van der Waals surface area contributed by atoms with E-state index in [1.165, 1.54) is 24.3 Å². The van der Waals surface area contributed by atoms with Gasteiger partial charge in [-0.25, -0.2) is 4.39 Å². The van der Waals surface area contributed by atoms with Crippen molar-refractivity contribution in [3.63, 3.8) is 0 Å². The highest BCUT2D eigenvalue weighted by Gasteiger charge is 2.40. The van der Waals surface area contributed by atoms with E-state index in [1.54, 1.807) is 13.0 Å². The van der Waals surface area contributed by atoms with E-state index < -0.39 is 6.67 Å². The van der Waals surface area contributed by atoms with E-state index in [0.717, 1.165) is 11.1 Å². The number of rotatable bonds is 8. The minimum atomic E-state index is -0.522. The Labute approximate surface area is 145 Å². The fraction of sp³-hybridized carbons (Fsp3) is 0.368. The predicted octanol–water partition coefficient (Wildman–Crippen LogP) is 4.10. The Kier molecular flexibility index (Phi) is 5.63. The van der Waals surface area contributed by atoms with E-state index in [2.05, 4.69) is 0 Å². The lowest BCUT2D eigenvalue weighted by atomic mass is 9.97. The molecule has 0 amide bonds. The highest BCUT2D eigenvalue weighted by molar-refractivity contribution is 5.44. The van der Waals surface area contributed by atoms with Crippen LogP contribution in [0.5, 0.6) is 11.5 Å². The summed E-state index contributed by atoms with van der Waals surface area (Å²) in [5, 5.41) is 8.68. The lowest BCUT2D eigenvalue weighted by molar-refractivity contribution is -0.00761. The van der Waals surface area contributed by atoms with Gasteiger partial charge in [0.15, 0.2) is 0 Å². The Morgan fingerprint density at radius 1 is 1.20 bits per heavy atom. The number of hydrogen-bond donors (Lipinski definition) is 1. The first-order valence-electron chi connectivity index (χ1n) is 8.09. The Balaban J connectivity index is 1.80. The van der Waals surface area contributed by atoms with Crippen molar-refractivity contribution in [2.45, 2.75) is 25.0 Å². The molecule has 0 radical (unpaired) electrons. The average molecular weight is 350 g/mol. The van der Waals surface area contributed by atoms with E-state index in [0.29, 0.717) is 18.1 Å². The fourth-order valence-corrected chi connectivity index (χ4v) is 2.67. The van der Waals surface area contributed by atoms with E-state index in [4.69, 9.17) is 19.3 Å². The van der Waals surface area contributed by atoms with Crippen molar-refractivity contribution in [2.24, 2.45) is 0 Å². The van der Waals surface area contributed by atoms with Gasteiger partial charge < -0.3 is 19.3 Å². The van der Waals surface area contributed by atoms with Crippen LogP contribution in [0.2, 0.25) is 0 Å². The number of aliphatic hydroxyl groups is 1.